The van der Waals surface area contributed by atoms with Crippen molar-refractivity contribution >= 4 is 0 Å². The molecule has 1 unspecified atom stereocenters. The number of hydrogen-bond acceptors (Lipinski definition) is 1. The lowest BCUT2D eigenvalue weighted by Gasteiger charge is -2.07. The smallest absolute Gasteiger partial charge is 0.0218 e. The average Bonchev–Trinajstić information content (AvgIpc) is 2.06. The highest BCUT2D eigenvalue weighted by Crippen LogP contribution is 2.08. The van der Waals surface area contributed by atoms with Crippen LogP contribution in [0.5, 0.6) is 0 Å². The number of nitrogens with one attached hydrogen (secondary N) is 1. The standard InChI is InChI=1S/C10H21N/c1-5-10(6-2)8-7-9(3)11-4/h7-11H,5-6H2,1-4H3/b8-7+. The second kappa shape index (κ2) is 6.41. The fraction of sp³-hybridized carbons (Fsp3) is 0.800. The normalized spacial score (nSPS) is 14.6. The molecule has 0 aromatic carbocycles. The molecule has 0 bridgehead atoms. The van der Waals surface area contributed by atoms with Crippen LogP contribution in [0.15, 0.2) is 12.2 Å². The Labute approximate surface area is 70.9 Å². The largest absolute Gasteiger partial charge is 0.314 e. The SMILES string of the molecule is CCC(/C=C/C(C)NC)CC. The molecule has 0 aromatic rings. The molecule has 1 N–H and O–H groups in total. The van der Waals surface area contributed by atoms with Crippen molar-refractivity contribution in [2.24, 2.45) is 5.92 Å². The number of rotatable bonds is 5. The van der Waals surface area contributed by atoms with E-state index < -0.39 is 0 Å². The molecule has 0 spiro atoms. The van der Waals surface area contributed by atoms with E-state index in [0.717, 1.165) is 5.92 Å². The lowest BCUT2D eigenvalue weighted by Crippen LogP contribution is -2.18. The summed E-state index contributed by atoms with van der Waals surface area (Å²) in [6.07, 6.45) is 7.08. The van der Waals surface area contributed by atoms with Crippen LogP contribution in [0.1, 0.15) is 33.6 Å². The Bertz CT molecular complexity index is 103. The maximum atomic E-state index is 3.18. The predicted octanol–water partition coefficient (Wildman–Crippen LogP) is 2.59. The maximum Gasteiger partial charge on any atom is 0.0218 e. The molecular formula is C10H21N. The lowest BCUT2D eigenvalue weighted by atomic mass is 10.0. The van der Waals surface area contributed by atoms with Crippen LogP contribution in [-0.4, -0.2) is 13.1 Å². The molecule has 1 atom stereocenters. The van der Waals surface area contributed by atoms with E-state index in [0.29, 0.717) is 6.04 Å². The Morgan fingerprint density at radius 3 is 2.09 bits per heavy atom. The average molecular weight is 155 g/mol. The topological polar surface area (TPSA) is 12.0 Å². The summed E-state index contributed by atoms with van der Waals surface area (Å²) in [6.45, 7) is 6.64. The summed E-state index contributed by atoms with van der Waals surface area (Å²) in [4.78, 5) is 0. The van der Waals surface area contributed by atoms with Crippen molar-refractivity contribution in [1.29, 1.82) is 0 Å². The zero-order valence-electron chi connectivity index (χ0n) is 8.22. The third-order valence-corrected chi connectivity index (χ3v) is 2.18. The third kappa shape index (κ3) is 5.02. The van der Waals surface area contributed by atoms with E-state index in [9.17, 15) is 0 Å². The molecule has 11 heavy (non-hydrogen) atoms. The summed E-state index contributed by atoms with van der Waals surface area (Å²) < 4.78 is 0. The Morgan fingerprint density at radius 1 is 1.18 bits per heavy atom. The van der Waals surface area contributed by atoms with Gasteiger partial charge in [0.2, 0.25) is 0 Å². The van der Waals surface area contributed by atoms with Crippen LogP contribution in [0.4, 0.5) is 0 Å². The Balaban J connectivity index is 3.68. The van der Waals surface area contributed by atoms with Crippen molar-refractivity contribution in [3.8, 4) is 0 Å². The molecule has 1 heteroatoms. The van der Waals surface area contributed by atoms with Crippen molar-refractivity contribution in [2.75, 3.05) is 7.05 Å². The van der Waals surface area contributed by atoms with Gasteiger partial charge in [-0.25, -0.2) is 0 Å². The molecule has 0 radical (unpaired) electrons. The molecule has 0 saturated heterocycles. The van der Waals surface area contributed by atoms with Gasteiger partial charge < -0.3 is 5.32 Å². The van der Waals surface area contributed by atoms with E-state index in [-0.39, 0.29) is 0 Å². The fourth-order valence-electron chi connectivity index (χ4n) is 0.981. The van der Waals surface area contributed by atoms with E-state index in [1.807, 2.05) is 7.05 Å². The minimum Gasteiger partial charge on any atom is -0.314 e. The molecular weight excluding hydrogens is 134 g/mol. The van der Waals surface area contributed by atoms with Gasteiger partial charge >= 0.3 is 0 Å². The van der Waals surface area contributed by atoms with Gasteiger partial charge in [-0.2, -0.15) is 0 Å². The number of likely N-dealkylation sites (N-methyl/N-ethyl adjacent to an activating group) is 1. The zero-order chi connectivity index (χ0) is 8.69. The second-order valence-electron chi connectivity index (χ2n) is 3.04. The highest BCUT2D eigenvalue weighted by molar-refractivity contribution is 4.93. The maximum absolute atomic E-state index is 3.18. The van der Waals surface area contributed by atoms with Crippen LogP contribution >= 0.6 is 0 Å². The van der Waals surface area contributed by atoms with E-state index in [1.54, 1.807) is 0 Å². The second-order valence-corrected chi connectivity index (χ2v) is 3.04. The fourth-order valence-corrected chi connectivity index (χ4v) is 0.981. The monoisotopic (exact) mass is 155 g/mol. The molecule has 0 aliphatic carbocycles. The van der Waals surface area contributed by atoms with Gasteiger partial charge in [-0.15, -0.1) is 0 Å². The van der Waals surface area contributed by atoms with Gasteiger partial charge in [0.25, 0.3) is 0 Å². The van der Waals surface area contributed by atoms with Crippen molar-refractivity contribution in [1.82, 2.24) is 5.32 Å². The van der Waals surface area contributed by atoms with Crippen LogP contribution in [-0.2, 0) is 0 Å². The van der Waals surface area contributed by atoms with Gasteiger partial charge in [-0.1, -0.05) is 26.0 Å². The lowest BCUT2D eigenvalue weighted by molar-refractivity contribution is 0.598. The van der Waals surface area contributed by atoms with Gasteiger partial charge in [-0.05, 0) is 32.7 Å². The first-order valence-electron chi connectivity index (χ1n) is 4.60. The minimum absolute atomic E-state index is 0.510. The highest BCUT2D eigenvalue weighted by atomic mass is 14.8. The summed E-state index contributed by atoms with van der Waals surface area (Å²) >= 11 is 0. The molecule has 1 nitrogen and oxygen atoms in total. The van der Waals surface area contributed by atoms with Crippen molar-refractivity contribution in [3.63, 3.8) is 0 Å². The first kappa shape index (κ1) is 10.7. The summed E-state index contributed by atoms with van der Waals surface area (Å²) in [5.74, 6) is 0.769. The molecule has 66 valence electrons. The molecule has 0 aliphatic heterocycles. The molecule has 0 fully saturated rings. The van der Waals surface area contributed by atoms with E-state index in [2.05, 4.69) is 38.2 Å². The Hall–Kier alpha value is -0.300. The van der Waals surface area contributed by atoms with Gasteiger partial charge in [0.05, 0.1) is 0 Å². The molecule has 0 aliphatic rings. The van der Waals surface area contributed by atoms with Gasteiger partial charge in [0.1, 0.15) is 0 Å². The van der Waals surface area contributed by atoms with Crippen LogP contribution in [0, 0.1) is 5.92 Å². The van der Waals surface area contributed by atoms with Gasteiger partial charge in [0, 0.05) is 6.04 Å². The number of hydrogen-bond donors (Lipinski definition) is 1. The minimum atomic E-state index is 0.510. The summed E-state index contributed by atoms with van der Waals surface area (Å²) in [5.41, 5.74) is 0. The van der Waals surface area contributed by atoms with E-state index in [4.69, 9.17) is 0 Å². The molecule has 0 rings (SSSR count). The van der Waals surface area contributed by atoms with E-state index >= 15 is 0 Å². The Kier molecular flexibility index (Phi) is 6.24. The first-order valence-corrected chi connectivity index (χ1v) is 4.60. The van der Waals surface area contributed by atoms with Crippen LogP contribution in [0.25, 0.3) is 0 Å². The predicted molar refractivity (Wildman–Crippen MR) is 51.7 cm³/mol. The molecule has 0 aromatic heterocycles. The highest BCUT2D eigenvalue weighted by Gasteiger charge is 1.97. The van der Waals surface area contributed by atoms with Gasteiger partial charge in [-0.3, -0.25) is 0 Å². The van der Waals surface area contributed by atoms with Crippen molar-refractivity contribution in [3.05, 3.63) is 12.2 Å². The Morgan fingerprint density at radius 2 is 1.73 bits per heavy atom. The molecule has 0 saturated carbocycles. The van der Waals surface area contributed by atoms with Crippen molar-refractivity contribution in [2.45, 2.75) is 39.7 Å². The summed E-state index contributed by atoms with van der Waals surface area (Å²) in [7, 11) is 1.99. The summed E-state index contributed by atoms with van der Waals surface area (Å²) in [5, 5.41) is 3.18. The van der Waals surface area contributed by atoms with Crippen LogP contribution < -0.4 is 5.32 Å². The summed E-state index contributed by atoms with van der Waals surface area (Å²) in [6, 6.07) is 0.510. The molecule has 0 amide bonds. The van der Waals surface area contributed by atoms with Crippen LogP contribution in [0.2, 0.25) is 0 Å². The zero-order valence-corrected chi connectivity index (χ0v) is 8.22. The quantitative estimate of drug-likeness (QED) is 0.602. The van der Waals surface area contributed by atoms with Crippen LogP contribution in [0.3, 0.4) is 0 Å². The van der Waals surface area contributed by atoms with Gasteiger partial charge in [0.15, 0.2) is 0 Å². The molecule has 0 heterocycles. The van der Waals surface area contributed by atoms with E-state index in [1.165, 1.54) is 12.8 Å². The third-order valence-electron chi connectivity index (χ3n) is 2.18. The van der Waals surface area contributed by atoms with Crippen molar-refractivity contribution < 1.29 is 0 Å². The number of allylic oxidation sites excluding steroid dienone is 1. The first-order chi connectivity index (χ1) is 5.24.